The molecule has 0 saturated carbocycles. The van der Waals surface area contributed by atoms with E-state index in [1.165, 1.54) is 5.56 Å². The molecule has 0 spiro atoms. The molecule has 1 fully saturated rings. The predicted octanol–water partition coefficient (Wildman–Crippen LogP) is 2.69. The van der Waals surface area contributed by atoms with Crippen LogP contribution in [0, 0.1) is 0 Å². The number of amides is 3. The van der Waals surface area contributed by atoms with E-state index in [0.29, 0.717) is 25.4 Å². The maximum Gasteiger partial charge on any atom is 0.325 e. The zero-order chi connectivity index (χ0) is 19.1. The molecule has 0 radical (unpaired) electrons. The van der Waals surface area contributed by atoms with Crippen LogP contribution < -0.4 is 15.0 Å². The van der Waals surface area contributed by atoms with Gasteiger partial charge in [-0.1, -0.05) is 42.5 Å². The molecule has 3 rings (SSSR count). The molecule has 1 aliphatic heterocycles. The van der Waals surface area contributed by atoms with Gasteiger partial charge in [0.05, 0.1) is 12.8 Å². The molecule has 2 aromatic rings. The average Bonchev–Trinajstić information content (AvgIpc) is 3.06. The predicted molar refractivity (Wildman–Crippen MR) is 105 cm³/mol. The van der Waals surface area contributed by atoms with Crippen LogP contribution in [-0.4, -0.2) is 50.1 Å². The Morgan fingerprint density at radius 1 is 1.07 bits per heavy atom. The van der Waals surface area contributed by atoms with Crippen LogP contribution in [0.4, 0.5) is 10.5 Å². The summed E-state index contributed by atoms with van der Waals surface area (Å²) in [7, 11) is 1.58. The third kappa shape index (κ3) is 4.78. The highest BCUT2D eigenvalue weighted by Gasteiger charge is 2.32. The summed E-state index contributed by atoms with van der Waals surface area (Å²) >= 11 is 0. The Bertz CT molecular complexity index is 779. The second kappa shape index (κ2) is 9.07. The molecule has 27 heavy (non-hydrogen) atoms. The Morgan fingerprint density at radius 3 is 2.59 bits per heavy atom. The summed E-state index contributed by atoms with van der Waals surface area (Å²) in [6, 6.07) is 17.4. The average molecular weight is 367 g/mol. The number of para-hydroxylation sites is 2. The minimum Gasteiger partial charge on any atom is -0.495 e. The van der Waals surface area contributed by atoms with Gasteiger partial charge in [-0.3, -0.25) is 9.69 Å². The molecule has 6 nitrogen and oxygen atoms in total. The van der Waals surface area contributed by atoms with E-state index in [1.807, 2.05) is 42.5 Å². The second-order valence-corrected chi connectivity index (χ2v) is 6.47. The first-order valence-electron chi connectivity index (χ1n) is 9.19. The van der Waals surface area contributed by atoms with Crippen molar-refractivity contribution in [3.63, 3.8) is 0 Å². The van der Waals surface area contributed by atoms with Crippen LogP contribution in [0.15, 0.2) is 54.6 Å². The number of carbonyl (C=O) groups is 2. The highest BCUT2D eigenvalue weighted by molar-refractivity contribution is 5.97. The van der Waals surface area contributed by atoms with Crippen LogP contribution in [0.1, 0.15) is 12.0 Å². The number of carbonyl (C=O) groups excluding carboxylic acids is 2. The maximum absolute atomic E-state index is 12.6. The standard InChI is InChI=1S/C21H25N3O3/c1-27-19-12-6-5-11-18(19)24-15-14-23(21(24)26)16-20(25)22-13-7-10-17-8-3-2-4-9-17/h2-6,8-9,11-12H,7,10,13-16H2,1H3,(H,22,25). The highest BCUT2D eigenvalue weighted by atomic mass is 16.5. The van der Waals surface area contributed by atoms with Crippen molar-refractivity contribution in [3.8, 4) is 5.75 Å². The summed E-state index contributed by atoms with van der Waals surface area (Å²) in [6.45, 7) is 1.75. The van der Waals surface area contributed by atoms with Gasteiger partial charge in [0.25, 0.3) is 0 Å². The smallest absolute Gasteiger partial charge is 0.325 e. The number of anilines is 1. The lowest BCUT2D eigenvalue weighted by Crippen LogP contribution is -2.40. The summed E-state index contributed by atoms with van der Waals surface area (Å²) in [4.78, 5) is 28.0. The topological polar surface area (TPSA) is 61.9 Å². The normalized spacial score (nSPS) is 13.7. The summed E-state index contributed by atoms with van der Waals surface area (Å²) in [6.07, 6.45) is 1.79. The van der Waals surface area contributed by atoms with Gasteiger partial charge in [0, 0.05) is 19.6 Å². The molecule has 0 unspecified atom stereocenters. The van der Waals surface area contributed by atoms with Crippen molar-refractivity contribution in [2.45, 2.75) is 12.8 Å². The van der Waals surface area contributed by atoms with Gasteiger partial charge < -0.3 is 15.0 Å². The number of nitrogens with zero attached hydrogens (tertiary/aromatic N) is 2. The molecular formula is C21H25N3O3. The Hall–Kier alpha value is -3.02. The lowest BCUT2D eigenvalue weighted by molar-refractivity contribution is -0.121. The number of hydrogen-bond acceptors (Lipinski definition) is 3. The monoisotopic (exact) mass is 367 g/mol. The van der Waals surface area contributed by atoms with Crippen molar-refractivity contribution in [3.05, 3.63) is 60.2 Å². The second-order valence-electron chi connectivity index (χ2n) is 6.47. The summed E-state index contributed by atoms with van der Waals surface area (Å²) in [5.41, 5.74) is 1.99. The van der Waals surface area contributed by atoms with Crippen molar-refractivity contribution < 1.29 is 14.3 Å². The van der Waals surface area contributed by atoms with Crippen LogP contribution in [0.2, 0.25) is 0 Å². The van der Waals surface area contributed by atoms with Crippen molar-refractivity contribution in [1.29, 1.82) is 0 Å². The molecule has 0 aromatic heterocycles. The Labute approximate surface area is 159 Å². The van der Waals surface area contributed by atoms with Gasteiger partial charge in [0.15, 0.2) is 0 Å². The summed E-state index contributed by atoms with van der Waals surface area (Å²) < 4.78 is 5.33. The van der Waals surface area contributed by atoms with Crippen LogP contribution >= 0.6 is 0 Å². The molecule has 2 aromatic carbocycles. The van der Waals surface area contributed by atoms with Crippen molar-refractivity contribution in [2.75, 3.05) is 38.2 Å². The number of urea groups is 1. The molecule has 0 bridgehead atoms. The first-order valence-corrected chi connectivity index (χ1v) is 9.19. The Balaban J connectivity index is 1.45. The number of methoxy groups -OCH3 is 1. The van der Waals surface area contributed by atoms with Crippen LogP contribution in [0.25, 0.3) is 0 Å². The third-order valence-corrected chi connectivity index (χ3v) is 4.61. The number of rotatable bonds is 8. The minimum absolute atomic E-state index is 0.0792. The van der Waals surface area contributed by atoms with Crippen LogP contribution in [0.5, 0.6) is 5.75 Å². The lowest BCUT2D eigenvalue weighted by atomic mass is 10.1. The third-order valence-electron chi connectivity index (χ3n) is 4.61. The zero-order valence-corrected chi connectivity index (χ0v) is 15.6. The SMILES string of the molecule is COc1ccccc1N1CCN(CC(=O)NCCCc2ccccc2)C1=O. The Morgan fingerprint density at radius 2 is 1.81 bits per heavy atom. The molecule has 1 N–H and O–H groups in total. The fourth-order valence-electron chi connectivity index (χ4n) is 3.20. The molecule has 142 valence electrons. The van der Waals surface area contributed by atoms with Gasteiger partial charge >= 0.3 is 6.03 Å². The van der Waals surface area contributed by atoms with Gasteiger partial charge in [0.2, 0.25) is 5.91 Å². The van der Waals surface area contributed by atoms with Crippen molar-refractivity contribution >= 4 is 17.6 Å². The molecule has 0 atom stereocenters. The molecular weight excluding hydrogens is 342 g/mol. The Kier molecular flexibility index (Phi) is 6.30. The summed E-state index contributed by atoms with van der Waals surface area (Å²) in [5.74, 6) is 0.524. The van der Waals surface area contributed by atoms with Gasteiger partial charge in [-0.25, -0.2) is 4.79 Å². The van der Waals surface area contributed by atoms with E-state index in [-0.39, 0.29) is 18.5 Å². The number of aryl methyl sites for hydroxylation is 1. The van der Waals surface area contributed by atoms with Crippen molar-refractivity contribution in [2.24, 2.45) is 0 Å². The van der Waals surface area contributed by atoms with E-state index in [4.69, 9.17) is 4.74 Å². The van der Waals surface area contributed by atoms with E-state index in [1.54, 1.807) is 16.9 Å². The molecule has 6 heteroatoms. The maximum atomic E-state index is 12.6. The molecule has 0 aliphatic carbocycles. The van der Waals surface area contributed by atoms with E-state index in [2.05, 4.69) is 17.4 Å². The van der Waals surface area contributed by atoms with E-state index >= 15 is 0 Å². The van der Waals surface area contributed by atoms with Crippen LogP contribution in [-0.2, 0) is 11.2 Å². The van der Waals surface area contributed by atoms with Gasteiger partial charge in [-0.05, 0) is 30.5 Å². The number of hydrogen-bond donors (Lipinski definition) is 1. The van der Waals surface area contributed by atoms with Crippen LogP contribution in [0.3, 0.4) is 0 Å². The lowest BCUT2D eigenvalue weighted by Gasteiger charge is -2.20. The molecule has 1 saturated heterocycles. The summed E-state index contributed by atoms with van der Waals surface area (Å²) in [5, 5.41) is 2.90. The largest absolute Gasteiger partial charge is 0.495 e. The fraction of sp³-hybridized carbons (Fsp3) is 0.333. The van der Waals surface area contributed by atoms with Gasteiger partial charge in [0.1, 0.15) is 12.3 Å². The number of benzene rings is 2. The quantitative estimate of drug-likeness (QED) is 0.730. The zero-order valence-electron chi connectivity index (χ0n) is 15.6. The highest BCUT2D eigenvalue weighted by Crippen LogP contribution is 2.30. The molecule has 1 heterocycles. The van der Waals surface area contributed by atoms with E-state index in [9.17, 15) is 9.59 Å². The van der Waals surface area contributed by atoms with Gasteiger partial charge in [-0.15, -0.1) is 0 Å². The number of nitrogens with one attached hydrogen (secondary N) is 1. The molecule has 1 aliphatic rings. The van der Waals surface area contributed by atoms with E-state index in [0.717, 1.165) is 18.5 Å². The first-order chi connectivity index (χ1) is 13.2. The van der Waals surface area contributed by atoms with Crippen molar-refractivity contribution in [1.82, 2.24) is 10.2 Å². The fourth-order valence-corrected chi connectivity index (χ4v) is 3.20. The van der Waals surface area contributed by atoms with E-state index < -0.39 is 0 Å². The number of ether oxygens (including phenoxy) is 1. The first kappa shape index (κ1) is 18.8. The van der Waals surface area contributed by atoms with Gasteiger partial charge in [-0.2, -0.15) is 0 Å². The minimum atomic E-state index is -0.168. The molecule has 3 amide bonds.